The molecule has 0 aliphatic carbocycles. The van der Waals surface area contributed by atoms with Crippen LogP contribution < -0.4 is 15.0 Å². The number of ether oxygens (including phenoxy) is 2. The number of benzene rings is 1. The summed E-state index contributed by atoms with van der Waals surface area (Å²) >= 11 is 7.84. The second kappa shape index (κ2) is 8.10. The first kappa shape index (κ1) is 19.4. The number of aromatic nitrogens is 2. The molecule has 1 aromatic carbocycles. The summed E-state index contributed by atoms with van der Waals surface area (Å²) in [5.41, 5.74) is 0.476. The molecule has 2 aromatic heterocycles. The predicted octanol–water partition coefficient (Wildman–Crippen LogP) is 4.35. The van der Waals surface area contributed by atoms with Gasteiger partial charge in [0.15, 0.2) is 11.5 Å². The number of methoxy groups -OCH3 is 1. The van der Waals surface area contributed by atoms with Crippen LogP contribution in [0.25, 0.3) is 10.2 Å². The van der Waals surface area contributed by atoms with Gasteiger partial charge < -0.3 is 9.47 Å². The molecule has 0 bridgehead atoms. The van der Waals surface area contributed by atoms with E-state index in [-0.39, 0.29) is 11.7 Å². The Bertz CT molecular complexity index is 1060. The van der Waals surface area contributed by atoms with E-state index in [1.807, 2.05) is 26.8 Å². The molecule has 0 saturated heterocycles. The van der Waals surface area contributed by atoms with E-state index in [9.17, 15) is 4.79 Å². The van der Waals surface area contributed by atoms with Gasteiger partial charge in [-0.15, -0.1) is 11.3 Å². The summed E-state index contributed by atoms with van der Waals surface area (Å²) < 4.78 is 12.3. The van der Waals surface area contributed by atoms with Crippen molar-refractivity contribution in [1.29, 1.82) is 0 Å². The molecule has 142 valence electrons. The number of rotatable bonds is 6. The topological polar surface area (TPSA) is 65.7 Å². The third-order valence-corrected chi connectivity index (χ3v) is 5.24. The highest BCUT2D eigenvalue weighted by Gasteiger charge is 2.13. The fourth-order valence-corrected chi connectivity index (χ4v) is 3.70. The number of aryl methyl sites for hydroxylation is 1. The first-order valence-electron chi connectivity index (χ1n) is 8.51. The number of hydrogen-bond acceptors (Lipinski definition) is 6. The van der Waals surface area contributed by atoms with Crippen molar-refractivity contribution in [2.24, 2.45) is 5.10 Å². The highest BCUT2D eigenvalue weighted by atomic mass is 35.5. The van der Waals surface area contributed by atoms with Crippen LogP contribution in [0.4, 0.5) is 0 Å². The molecular weight excluding hydrogens is 386 g/mol. The molecule has 0 N–H and O–H groups in total. The molecule has 0 amide bonds. The predicted molar refractivity (Wildman–Crippen MR) is 110 cm³/mol. The van der Waals surface area contributed by atoms with E-state index >= 15 is 0 Å². The second-order valence-corrected chi connectivity index (χ2v) is 7.65. The second-order valence-electron chi connectivity index (χ2n) is 6.12. The highest BCUT2D eigenvalue weighted by Crippen LogP contribution is 2.36. The summed E-state index contributed by atoms with van der Waals surface area (Å²) in [4.78, 5) is 18.8. The third kappa shape index (κ3) is 4.14. The fourth-order valence-electron chi connectivity index (χ4n) is 2.51. The number of thiophene rings is 1. The molecule has 3 rings (SSSR count). The summed E-state index contributed by atoms with van der Waals surface area (Å²) in [6, 6.07) is 5.34. The van der Waals surface area contributed by atoms with Crippen molar-refractivity contribution in [3.8, 4) is 11.5 Å². The van der Waals surface area contributed by atoms with Crippen molar-refractivity contribution in [3.05, 3.63) is 50.3 Å². The van der Waals surface area contributed by atoms with Crippen molar-refractivity contribution in [2.45, 2.75) is 33.3 Å². The van der Waals surface area contributed by atoms with E-state index in [0.717, 1.165) is 16.1 Å². The lowest BCUT2D eigenvalue weighted by Gasteiger charge is -2.15. The van der Waals surface area contributed by atoms with E-state index in [1.54, 1.807) is 19.2 Å². The van der Waals surface area contributed by atoms with E-state index in [0.29, 0.717) is 27.5 Å². The zero-order chi connectivity index (χ0) is 19.6. The summed E-state index contributed by atoms with van der Waals surface area (Å²) in [7, 11) is 1.55. The van der Waals surface area contributed by atoms with Crippen LogP contribution in [-0.4, -0.2) is 29.1 Å². The van der Waals surface area contributed by atoms with Crippen molar-refractivity contribution < 1.29 is 9.47 Å². The fraction of sp³-hybridized carbons (Fsp3) is 0.316. The van der Waals surface area contributed by atoms with Gasteiger partial charge in [0.25, 0.3) is 5.56 Å². The van der Waals surface area contributed by atoms with E-state index in [1.165, 1.54) is 28.6 Å². The van der Waals surface area contributed by atoms with Crippen LogP contribution in [0.1, 0.15) is 31.2 Å². The van der Waals surface area contributed by atoms with Crippen LogP contribution in [0.2, 0.25) is 5.02 Å². The minimum Gasteiger partial charge on any atom is -0.493 e. The SMILES string of the molecule is CCc1cc2c(=O)n(/N=C\c3cc(Cl)c(OC(C)C)c(OC)c3)cnc2s1. The molecule has 0 saturated carbocycles. The average molecular weight is 406 g/mol. The molecule has 27 heavy (non-hydrogen) atoms. The van der Waals surface area contributed by atoms with E-state index < -0.39 is 0 Å². The van der Waals surface area contributed by atoms with Crippen molar-refractivity contribution >= 4 is 39.4 Å². The molecule has 0 fully saturated rings. The van der Waals surface area contributed by atoms with E-state index in [2.05, 4.69) is 10.1 Å². The zero-order valence-electron chi connectivity index (χ0n) is 15.5. The van der Waals surface area contributed by atoms with E-state index in [4.69, 9.17) is 21.1 Å². The molecule has 6 nitrogen and oxygen atoms in total. The van der Waals surface area contributed by atoms with Crippen molar-refractivity contribution in [1.82, 2.24) is 9.66 Å². The number of halogens is 1. The molecule has 2 heterocycles. The van der Waals surface area contributed by atoms with Crippen LogP contribution in [0.3, 0.4) is 0 Å². The van der Waals surface area contributed by atoms with Crippen LogP contribution in [0.15, 0.2) is 34.4 Å². The smallest absolute Gasteiger partial charge is 0.282 e. The normalized spacial score (nSPS) is 11.6. The van der Waals surface area contributed by atoms with Gasteiger partial charge in [-0.05, 0) is 44.0 Å². The quantitative estimate of drug-likeness (QED) is 0.572. The molecule has 0 unspecified atom stereocenters. The van der Waals surface area contributed by atoms with Gasteiger partial charge in [0.2, 0.25) is 0 Å². The Kier molecular flexibility index (Phi) is 5.82. The summed E-state index contributed by atoms with van der Waals surface area (Å²) in [6.45, 7) is 5.87. The van der Waals surface area contributed by atoms with Gasteiger partial charge in [0.05, 0.1) is 29.8 Å². The first-order chi connectivity index (χ1) is 12.9. The third-order valence-electron chi connectivity index (χ3n) is 3.77. The van der Waals surface area contributed by atoms with Gasteiger partial charge in [-0.3, -0.25) is 4.79 Å². The molecular formula is C19H20ClN3O3S. The lowest BCUT2D eigenvalue weighted by molar-refractivity contribution is 0.230. The van der Waals surface area contributed by atoms with Crippen LogP contribution in [0, 0.1) is 0 Å². The van der Waals surface area contributed by atoms with Crippen LogP contribution in [-0.2, 0) is 6.42 Å². The Hall–Kier alpha value is -2.38. The lowest BCUT2D eigenvalue weighted by Crippen LogP contribution is -2.16. The van der Waals surface area contributed by atoms with Crippen molar-refractivity contribution in [2.75, 3.05) is 7.11 Å². The summed E-state index contributed by atoms with van der Waals surface area (Å²) in [5.74, 6) is 0.987. The molecule has 3 aromatic rings. The zero-order valence-corrected chi connectivity index (χ0v) is 17.1. The Balaban J connectivity index is 1.96. The molecule has 0 spiro atoms. The molecule has 0 atom stereocenters. The highest BCUT2D eigenvalue weighted by molar-refractivity contribution is 7.18. The van der Waals surface area contributed by atoms with Gasteiger partial charge in [0, 0.05) is 4.88 Å². The first-order valence-corrected chi connectivity index (χ1v) is 9.71. The van der Waals surface area contributed by atoms with Gasteiger partial charge in [-0.25, -0.2) is 4.98 Å². The number of fused-ring (bicyclic) bond motifs is 1. The average Bonchev–Trinajstić information content (AvgIpc) is 3.07. The molecule has 0 aliphatic rings. The molecule has 0 aliphatic heterocycles. The maximum Gasteiger partial charge on any atom is 0.282 e. The molecule has 8 heteroatoms. The largest absolute Gasteiger partial charge is 0.493 e. The Morgan fingerprint density at radius 1 is 1.37 bits per heavy atom. The number of hydrogen-bond donors (Lipinski definition) is 0. The standard InChI is InChI=1S/C19H20ClN3O3S/c1-5-13-8-14-18(27-13)21-10-23(19(14)24)22-9-12-6-15(20)17(26-11(2)3)16(7-12)25-4/h6-11H,5H2,1-4H3/b22-9-. The maximum atomic E-state index is 12.6. The Morgan fingerprint density at radius 3 is 2.81 bits per heavy atom. The van der Waals surface area contributed by atoms with Crippen molar-refractivity contribution in [3.63, 3.8) is 0 Å². The Labute approximate surface area is 166 Å². The number of nitrogens with zero attached hydrogens (tertiary/aromatic N) is 3. The minimum atomic E-state index is -0.204. The van der Waals surface area contributed by atoms with Gasteiger partial charge in [0.1, 0.15) is 11.2 Å². The minimum absolute atomic E-state index is 0.0362. The van der Waals surface area contributed by atoms with Gasteiger partial charge in [-0.1, -0.05) is 18.5 Å². The monoisotopic (exact) mass is 405 g/mol. The van der Waals surface area contributed by atoms with Crippen LogP contribution >= 0.6 is 22.9 Å². The van der Waals surface area contributed by atoms with Gasteiger partial charge in [-0.2, -0.15) is 9.78 Å². The molecule has 0 radical (unpaired) electrons. The summed E-state index contributed by atoms with van der Waals surface area (Å²) in [5, 5.41) is 5.22. The van der Waals surface area contributed by atoms with Gasteiger partial charge >= 0.3 is 0 Å². The summed E-state index contributed by atoms with van der Waals surface area (Å²) in [6.07, 6.45) is 3.79. The van der Waals surface area contributed by atoms with Crippen LogP contribution in [0.5, 0.6) is 11.5 Å². The maximum absolute atomic E-state index is 12.6. The lowest BCUT2D eigenvalue weighted by atomic mass is 10.2. The Morgan fingerprint density at radius 2 is 2.15 bits per heavy atom.